The quantitative estimate of drug-likeness (QED) is 0.670. The van der Waals surface area contributed by atoms with E-state index >= 15 is 0 Å². The summed E-state index contributed by atoms with van der Waals surface area (Å²) in [6.07, 6.45) is 4.29. The van der Waals surface area contributed by atoms with Gasteiger partial charge in [0.15, 0.2) is 0 Å². The van der Waals surface area contributed by atoms with Gasteiger partial charge in [0.05, 0.1) is 22.6 Å². The van der Waals surface area contributed by atoms with Crippen LogP contribution >= 0.6 is 11.6 Å². The number of hydrazone groups is 1. The summed E-state index contributed by atoms with van der Waals surface area (Å²) in [7, 11) is 0. The molecule has 4 heteroatoms. The van der Waals surface area contributed by atoms with Gasteiger partial charge in [-0.25, -0.2) is 0 Å². The maximum Gasteiger partial charge on any atom is 0.0646 e. The zero-order valence-electron chi connectivity index (χ0n) is 11.8. The van der Waals surface area contributed by atoms with Crippen LogP contribution in [0.5, 0.6) is 0 Å². The third kappa shape index (κ3) is 3.56. The van der Waals surface area contributed by atoms with Crippen LogP contribution in [0.25, 0.3) is 0 Å². The summed E-state index contributed by atoms with van der Waals surface area (Å²) in [5.41, 5.74) is 6.08. The number of halogens is 1. The van der Waals surface area contributed by atoms with E-state index in [-0.39, 0.29) is 0 Å². The van der Waals surface area contributed by atoms with Crippen molar-refractivity contribution in [1.29, 1.82) is 0 Å². The van der Waals surface area contributed by atoms with Gasteiger partial charge in [0.1, 0.15) is 0 Å². The maximum atomic E-state index is 6.38. The van der Waals surface area contributed by atoms with Crippen LogP contribution in [0.4, 0.5) is 11.4 Å². The minimum absolute atomic E-state index is 0.792. The van der Waals surface area contributed by atoms with Crippen molar-refractivity contribution < 1.29 is 0 Å². The normalized spacial score (nSPS) is 14.8. The van der Waals surface area contributed by atoms with Gasteiger partial charge < -0.3 is 4.90 Å². The van der Waals surface area contributed by atoms with Crippen molar-refractivity contribution in [3.05, 3.63) is 59.1 Å². The zero-order valence-corrected chi connectivity index (χ0v) is 12.6. The lowest BCUT2D eigenvalue weighted by Gasteiger charge is -2.19. The molecule has 0 bridgehead atoms. The fourth-order valence-electron chi connectivity index (χ4n) is 2.51. The number of nitrogens with one attached hydrogen (secondary N) is 1. The third-order valence-electron chi connectivity index (χ3n) is 3.60. The maximum absolute atomic E-state index is 6.38. The second-order valence-corrected chi connectivity index (χ2v) is 5.55. The Balaban J connectivity index is 1.67. The van der Waals surface area contributed by atoms with Gasteiger partial charge in [0.25, 0.3) is 0 Å². The summed E-state index contributed by atoms with van der Waals surface area (Å²) in [5, 5.41) is 5.03. The second kappa shape index (κ2) is 6.64. The lowest BCUT2D eigenvalue weighted by molar-refractivity contribution is 0.949. The number of anilines is 2. The molecule has 1 heterocycles. The van der Waals surface area contributed by atoms with E-state index in [0.29, 0.717) is 0 Å². The van der Waals surface area contributed by atoms with Crippen molar-refractivity contribution in [2.75, 3.05) is 23.4 Å². The Kier molecular flexibility index (Phi) is 4.41. The summed E-state index contributed by atoms with van der Waals surface area (Å²) in [6.45, 7) is 2.20. The molecule has 108 valence electrons. The Labute approximate surface area is 130 Å². The summed E-state index contributed by atoms with van der Waals surface area (Å²) in [6, 6.07) is 16.0. The minimum Gasteiger partial charge on any atom is -0.370 e. The molecule has 3 rings (SSSR count). The monoisotopic (exact) mass is 299 g/mol. The van der Waals surface area contributed by atoms with Gasteiger partial charge in [-0.1, -0.05) is 35.9 Å². The number of benzene rings is 2. The SMILES string of the molecule is Clc1cc(C=NNc2ccccc2)ccc1N1CCCC1. The van der Waals surface area contributed by atoms with E-state index in [1.54, 1.807) is 6.21 Å². The van der Waals surface area contributed by atoms with Gasteiger partial charge in [0, 0.05) is 13.1 Å². The van der Waals surface area contributed by atoms with E-state index in [9.17, 15) is 0 Å². The highest BCUT2D eigenvalue weighted by Gasteiger charge is 2.14. The van der Waals surface area contributed by atoms with Gasteiger partial charge >= 0.3 is 0 Å². The summed E-state index contributed by atoms with van der Waals surface area (Å²) in [4.78, 5) is 2.34. The van der Waals surface area contributed by atoms with Crippen molar-refractivity contribution in [3.63, 3.8) is 0 Å². The van der Waals surface area contributed by atoms with Gasteiger partial charge in [-0.2, -0.15) is 5.10 Å². The van der Waals surface area contributed by atoms with Gasteiger partial charge in [-0.3, -0.25) is 5.43 Å². The molecule has 1 N–H and O–H groups in total. The highest BCUT2D eigenvalue weighted by molar-refractivity contribution is 6.33. The topological polar surface area (TPSA) is 27.6 Å². The van der Waals surface area contributed by atoms with Crippen molar-refractivity contribution in [2.45, 2.75) is 12.8 Å². The molecule has 2 aromatic rings. The van der Waals surface area contributed by atoms with Crippen LogP contribution < -0.4 is 10.3 Å². The summed E-state index contributed by atoms with van der Waals surface area (Å²) < 4.78 is 0. The first-order valence-electron chi connectivity index (χ1n) is 7.21. The fraction of sp³-hybridized carbons (Fsp3) is 0.235. The average molecular weight is 300 g/mol. The Morgan fingerprint density at radius 3 is 2.52 bits per heavy atom. The van der Waals surface area contributed by atoms with E-state index < -0.39 is 0 Å². The molecule has 0 amide bonds. The number of hydrogen-bond acceptors (Lipinski definition) is 3. The standard InChI is InChI=1S/C17H18ClN3/c18-16-12-14(8-9-17(16)21-10-4-5-11-21)13-19-20-15-6-2-1-3-7-15/h1-3,6-9,12-13,20H,4-5,10-11H2. The third-order valence-corrected chi connectivity index (χ3v) is 3.90. The largest absolute Gasteiger partial charge is 0.370 e. The van der Waals surface area contributed by atoms with Crippen LogP contribution in [-0.4, -0.2) is 19.3 Å². The highest BCUT2D eigenvalue weighted by Crippen LogP contribution is 2.29. The average Bonchev–Trinajstić information content (AvgIpc) is 3.02. The van der Waals surface area contributed by atoms with Crippen LogP contribution in [0.15, 0.2) is 53.6 Å². The number of rotatable bonds is 4. The van der Waals surface area contributed by atoms with Crippen LogP contribution in [0.2, 0.25) is 5.02 Å². The van der Waals surface area contributed by atoms with E-state index in [2.05, 4.69) is 27.6 Å². The first-order chi connectivity index (χ1) is 10.3. The fourth-order valence-corrected chi connectivity index (χ4v) is 2.82. The highest BCUT2D eigenvalue weighted by atomic mass is 35.5. The molecule has 1 fully saturated rings. The number of nitrogens with zero attached hydrogens (tertiary/aromatic N) is 2. The molecule has 0 unspecified atom stereocenters. The predicted molar refractivity (Wildman–Crippen MR) is 90.6 cm³/mol. The Bertz CT molecular complexity index is 619. The zero-order chi connectivity index (χ0) is 14.5. The minimum atomic E-state index is 0.792. The van der Waals surface area contributed by atoms with Crippen molar-refractivity contribution in [3.8, 4) is 0 Å². The van der Waals surface area contributed by atoms with E-state index in [0.717, 1.165) is 35.1 Å². The summed E-state index contributed by atoms with van der Waals surface area (Å²) in [5.74, 6) is 0. The van der Waals surface area contributed by atoms with E-state index in [1.807, 2.05) is 36.4 Å². The van der Waals surface area contributed by atoms with Crippen LogP contribution in [0.1, 0.15) is 18.4 Å². The molecule has 1 aliphatic heterocycles. The van der Waals surface area contributed by atoms with Crippen LogP contribution in [-0.2, 0) is 0 Å². The molecule has 21 heavy (non-hydrogen) atoms. The van der Waals surface area contributed by atoms with Gasteiger partial charge in [-0.15, -0.1) is 0 Å². The smallest absolute Gasteiger partial charge is 0.0646 e. The van der Waals surface area contributed by atoms with Crippen LogP contribution in [0, 0.1) is 0 Å². The first-order valence-corrected chi connectivity index (χ1v) is 7.59. The molecule has 0 aromatic heterocycles. The molecule has 1 aliphatic rings. The molecule has 1 saturated heterocycles. The number of hydrogen-bond donors (Lipinski definition) is 1. The summed E-state index contributed by atoms with van der Waals surface area (Å²) >= 11 is 6.38. The number of para-hydroxylation sites is 1. The molecular weight excluding hydrogens is 282 g/mol. The molecule has 3 nitrogen and oxygen atoms in total. The molecular formula is C17H18ClN3. The molecule has 0 aliphatic carbocycles. The predicted octanol–water partition coefficient (Wildman–Crippen LogP) is 4.39. The second-order valence-electron chi connectivity index (χ2n) is 5.14. The molecule has 0 radical (unpaired) electrons. The van der Waals surface area contributed by atoms with Crippen molar-refractivity contribution >= 4 is 29.2 Å². The lowest BCUT2D eigenvalue weighted by Crippen LogP contribution is -2.17. The van der Waals surface area contributed by atoms with Crippen molar-refractivity contribution in [2.24, 2.45) is 5.10 Å². The molecule has 0 spiro atoms. The molecule has 0 atom stereocenters. The first kappa shape index (κ1) is 14.0. The van der Waals surface area contributed by atoms with Gasteiger partial charge in [0.2, 0.25) is 0 Å². The lowest BCUT2D eigenvalue weighted by atomic mass is 10.2. The van der Waals surface area contributed by atoms with E-state index in [1.165, 1.54) is 12.8 Å². The molecule has 2 aromatic carbocycles. The Morgan fingerprint density at radius 2 is 1.81 bits per heavy atom. The van der Waals surface area contributed by atoms with Crippen molar-refractivity contribution in [1.82, 2.24) is 0 Å². The molecule has 0 saturated carbocycles. The van der Waals surface area contributed by atoms with Gasteiger partial charge in [-0.05, 0) is 42.7 Å². The van der Waals surface area contributed by atoms with Crippen LogP contribution in [0.3, 0.4) is 0 Å². The Hall–Kier alpha value is -2.00. The van der Waals surface area contributed by atoms with E-state index in [4.69, 9.17) is 11.6 Å². The Morgan fingerprint density at radius 1 is 1.05 bits per heavy atom.